The largest absolute Gasteiger partial charge is 0.373 e. The number of hydrogen-bond donors (Lipinski definition) is 1. The van der Waals surface area contributed by atoms with Crippen molar-refractivity contribution < 1.29 is 9.59 Å². The minimum absolute atomic E-state index is 0.164. The summed E-state index contributed by atoms with van der Waals surface area (Å²) in [7, 11) is 0. The van der Waals surface area contributed by atoms with Crippen LogP contribution in [0.3, 0.4) is 0 Å². The lowest BCUT2D eigenvalue weighted by molar-refractivity contribution is -0.121. The number of imide groups is 1. The van der Waals surface area contributed by atoms with Crippen molar-refractivity contribution in [3.8, 4) is 0 Å². The van der Waals surface area contributed by atoms with Crippen molar-refractivity contribution in [3.05, 3.63) is 60.2 Å². The maximum Gasteiger partial charge on any atom is 0.256 e. The van der Waals surface area contributed by atoms with Crippen molar-refractivity contribution in [2.75, 3.05) is 10.2 Å². The number of carbonyl (C=O) groups is 2. The average Bonchev–Trinajstić information content (AvgIpc) is 2.88. The Balaban J connectivity index is 1.68. The number of amides is 2. The molecule has 4 heteroatoms. The zero-order chi connectivity index (χ0) is 16.9. The van der Waals surface area contributed by atoms with Crippen LogP contribution in [0.1, 0.15) is 31.7 Å². The average molecular weight is 322 g/mol. The highest BCUT2D eigenvalue weighted by molar-refractivity contribution is 6.23. The standard InChI is InChI=1S/C20H22N2O2/c1-2-3-7-15-10-12-16(13-11-15)21-18-14-19(23)22(20(18)24)17-8-5-4-6-9-17/h4-6,8-13,18,21H,2-3,7,14H2,1H3. The molecule has 0 aromatic heterocycles. The van der Waals surface area contributed by atoms with E-state index in [9.17, 15) is 9.59 Å². The number of nitrogens with zero attached hydrogens (tertiary/aromatic N) is 1. The molecule has 4 nitrogen and oxygen atoms in total. The third-order valence-electron chi connectivity index (χ3n) is 4.27. The molecule has 0 radical (unpaired) electrons. The molecule has 124 valence electrons. The van der Waals surface area contributed by atoms with E-state index >= 15 is 0 Å². The monoisotopic (exact) mass is 322 g/mol. The van der Waals surface area contributed by atoms with Crippen molar-refractivity contribution >= 4 is 23.2 Å². The van der Waals surface area contributed by atoms with E-state index in [4.69, 9.17) is 0 Å². The summed E-state index contributed by atoms with van der Waals surface area (Å²) in [4.78, 5) is 26.1. The first-order valence-electron chi connectivity index (χ1n) is 8.46. The molecule has 1 atom stereocenters. The van der Waals surface area contributed by atoms with Gasteiger partial charge in [-0.2, -0.15) is 0 Å². The van der Waals surface area contributed by atoms with Crippen molar-refractivity contribution in [2.24, 2.45) is 0 Å². The molecule has 1 heterocycles. The topological polar surface area (TPSA) is 49.4 Å². The summed E-state index contributed by atoms with van der Waals surface area (Å²) in [5.74, 6) is -0.357. The fourth-order valence-electron chi connectivity index (χ4n) is 2.94. The van der Waals surface area contributed by atoms with E-state index in [0.717, 1.165) is 12.1 Å². The highest BCUT2D eigenvalue weighted by Crippen LogP contribution is 2.24. The lowest BCUT2D eigenvalue weighted by Crippen LogP contribution is -2.34. The second-order valence-electron chi connectivity index (χ2n) is 6.10. The quantitative estimate of drug-likeness (QED) is 0.824. The van der Waals surface area contributed by atoms with Gasteiger partial charge in [0.05, 0.1) is 12.1 Å². The van der Waals surface area contributed by atoms with Gasteiger partial charge in [0.25, 0.3) is 5.91 Å². The Morgan fingerprint density at radius 1 is 1.04 bits per heavy atom. The molecule has 0 spiro atoms. The molecule has 1 saturated heterocycles. The summed E-state index contributed by atoms with van der Waals surface area (Å²) >= 11 is 0. The van der Waals surface area contributed by atoms with Crippen LogP contribution in [0, 0.1) is 0 Å². The van der Waals surface area contributed by atoms with Crippen LogP contribution in [-0.4, -0.2) is 17.9 Å². The maximum atomic E-state index is 12.6. The van der Waals surface area contributed by atoms with Gasteiger partial charge in [-0.1, -0.05) is 43.7 Å². The Morgan fingerprint density at radius 2 is 1.75 bits per heavy atom. The lowest BCUT2D eigenvalue weighted by Gasteiger charge is -2.16. The molecule has 1 fully saturated rings. The van der Waals surface area contributed by atoms with Gasteiger partial charge in [-0.05, 0) is 42.7 Å². The predicted molar refractivity (Wildman–Crippen MR) is 96.0 cm³/mol. The van der Waals surface area contributed by atoms with Crippen LogP contribution in [-0.2, 0) is 16.0 Å². The van der Waals surface area contributed by atoms with E-state index in [1.54, 1.807) is 12.1 Å². The van der Waals surface area contributed by atoms with Crippen molar-refractivity contribution in [3.63, 3.8) is 0 Å². The van der Waals surface area contributed by atoms with Gasteiger partial charge in [-0.25, -0.2) is 4.90 Å². The molecule has 1 aliphatic heterocycles. The predicted octanol–water partition coefficient (Wildman–Crippen LogP) is 3.77. The summed E-state index contributed by atoms with van der Waals surface area (Å²) < 4.78 is 0. The van der Waals surface area contributed by atoms with Crippen LogP contribution in [0.2, 0.25) is 0 Å². The van der Waals surface area contributed by atoms with Crippen LogP contribution in [0.4, 0.5) is 11.4 Å². The summed E-state index contributed by atoms with van der Waals surface area (Å²) in [5.41, 5.74) is 2.80. The molecule has 0 aliphatic carbocycles. The number of carbonyl (C=O) groups excluding carboxylic acids is 2. The van der Waals surface area contributed by atoms with Gasteiger partial charge in [0.1, 0.15) is 6.04 Å². The lowest BCUT2D eigenvalue weighted by atomic mass is 10.1. The zero-order valence-electron chi connectivity index (χ0n) is 13.9. The van der Waals surface area contributed by atoms with Gasteiger partial charge in [-0.3, -0.25) is 9.59 Å². The Morgan fingerprint density at radius 3 is 2.42 bits per heavy atom. The molecule has 2 aromatic carbocycles. The number of unbranched alkanes of at least 4 members (excludes halogenated alkanes) is 1. The molecule has 1 N–H and O–H groups in total. The van der Waals surface area contributed by atoms with E-state index in [1.165, 1.54) is 23.3 Å². The van der Waals surface area contributed by atoms with Gasteiger partial charge in [-0.15, -0.1) is 0 Å². The number of benzene rings is 2. The van der Waals surface area contributed by atoms with Crippen LogP contribution in [0.15, 0.2) is 54.6 Å². The number of para-hydroxylation sites is 1. The molecule has 0 saturated carbocycles. The van der Waals surface area contributed by atoms with E-state index in [0.29, 0.717) is 5.69 Å². The molecule has 2 amide bonds. The highest BCUT2D eigenvalue weighted by Gasteiger charge is 2.39. The van der Waals surface area contributed by atoms with Crippen LogP contribution in [0.5, 0.6) is 0 Å². The Hall–Kier alpha value is -2.62. The number of aryl methyl sites for hydroxylation is 1. The molecular formula is C20H22N2O2. The fourth-order valence-corrected chi connectivity index (χ4v) is 2.94. The molecule has 0 bridgehead atoms. The number of rotatable bonds is 6. The summed E-state index contributed by atoms with van der Waals surface area (Å²) in [6.07, 6.45) is 3.60. The summed E-state index contributed by atoms with van der Waals surface area (Å²) in [5, 5.41) is 3.19. The molecule has 3 rings (SSSR count). The second kappa shape index (κ2) is 7.30. The minimum atomic E-state index is -0.501. The second-order valence-corrected chi connectivity index (χ2v) is 6.10. The zero-order valence-corrected chi connectivity index (χ0v) is 13.9. The smallest absolute Gasteiger partial charge is 0.256 e. The van der Waals surface area contributed by atoms with E-state index in [2.05, 4.69) is 24.4 Å². The van der Waals surface area contributed by atoms with Crippen LogP contribution < -0.4 is 10.2 Å². The van der Waals surface area contributed by atoms with Gasteiger partial charge >= 0.3 is 0 Å². The Labute approximate surface area is 142 Å². The van der Waals surface area contributed by atoms with Gasteiger partial charge in [0.2, 0.25) is 5.91 Å². The molecule has 24 heavy (non-hydrogen) atoms. The fraction of sp³-hybridized carbons (Fsp3) is 0.300. The molecule has 1 unspecified atom stereocenters. The Bertz CT molecular complexity index is 710. The minimum Gasteiger partial charge on any atom is -0.373 e. The van der Waals surface area contributed by atoms with E-state index in [-0.39, 0.29) is 18.2 Å². The number of anilines is 2. The SMILES string of the molecule is CCCCc1ccc(NC2CC(=O)N(c3ccccc3)C2=O)cc1. The molecule has 2 aromatic rings. The number of hydrogen-bond acceptors (Lipinski definition) is 3. The highest BCUT2D eigenvalue weighted by atomic mass is 16.2. The van der Waals surface area contributed by atoms with Gasteiger partial charge < -0.3 is 5.32 Å². The van der Waals surface area contributed by atoms with Crippen molar-refractivity contribution in [1.82, 2.24) is 0 Å². The summed E-state index contributed by atoms with van der Waals surface area (Å²) in [6, 6.07) is 16.7. The first-order chi connectivity index (χ1) is 11.7. The van der Waals surface area contributed by atoms with E-state index in [1.807, 2.05) is 30.3 Å². The van der Waals surface area contributed by atoms with E-state index < -0.39 is 6.04 Å². The molecular weight excluding hydrogens is 300 g/mol. The third kappa shape index (κ3) is 3.48. The van der Waals surface area contributed by atoms with Gasteiger partial charge in [0, 0.05) is 5.69 Å². The third-order valence-corrected chi connectivity index (χ3v) is 4.27. The Kier molecular flexibility index (Phi) is 4.94. The normalized spacial score (nSPS) is 17.4. The first kappa shape index (κ1) is 16.2. The first-order valence-corrected chi connectivity index (χ1v) is 8.46. The number of nitrogens with one attached hydrogen (secondary N) is 1. The van der Waals surface area contributed by atoms with Crippen LogP contribution in [0.25, 0.3) is 0 Å². The summed E-state index contributed by atoms with van der Waals surface area (Å²) in [6.45, 7) is 2.18. The maximum absolute atomic E-state index is 12.6. The van der Waals surface area contributed by atoms with Crippen LogP contribution >= 0.6 is 0 Å². The van der Waals surface area contributed by atoms with Gasteiger partial charge in [0.15, 0.2) is 0 Å². The van der Waals surface area contributed by atoms with Crippen molar-refractivity contribution in [2.45, 2.75) is 38.6 Å². The molecule has 1 aliphatic rings. The van der Waals surface area contributed by atoms with Crippen molar-refractivity contribution in [1.29, 1.82) is 0 Å².